The maximum atomic E-state index is 12.2. The summed E-state index contributed by atoms with van der Waals surface area (Å²) in [6.07, 6.45) is 0. The van der Waals surface area contributed by atoms with Crippen molar-refractivity contribution in [2.24, 2.45) is 0 Å². The molecule has 0 atom stereocenters. The van der Waals surface area contributed by atoms with E-state index in [2.05, 4.69) is 31.2 Å². The maximum Gasteiger partial charge on any atom is 0.251 e. The van der Waals surface area contributed by atoms with Crippen LogP contribution in [0.25, 0.3) is 11.3 Å². The van der Waals surface area contributed by atoms with Gasteiger partial charge in [0.2, 0.25) is 0 Å². The summed E-state index contributed by atoms with van der Waals surface area (Å²) in [5, 5.41) is 0. The molecule has 3 rings (SSSR count). The fourth-order valence-electron chi connectivity index (χ4n) is 2.42. The van der Waals surface area contributed by atoms with Gasteiger partial charge in [-0.3, -0.25) is 4.79 Å². The van der Waals surface area contributed by atoms with E-state index in [-0.39, 0.29) is 5.56 Å². The summed E-state index contributed by atoms with van der Waals surface area (Å²) in [5.74, 6) is 0. The Bertz CT molecular complexity index is 786. The first-order valence-corrected chi connectivity index (χ1v) is 7.05. The van der Waals surface area contributed by atoms with Crippen LogP contribution in [0.1, 0.15) is 11.1 Å². The van der Waals surface area contributed by atoms with Crippen LogP contribution in [0.4, 0.5) is 0 Å². The minimum atomic E-state index is 0.0249. The number of nitrogens with zero attached hydrogens (tertiary/aromatic N) is 1. The molecule has 0 spiro atoms. The van der Waals surface area contributed by atoms with E-state index in [1.807, 2.05) is 47.0 Å². The van der Waals surface area contributed by atoms with Gasteiger partial charge in [0, 0.05) is 6.07 Å². The number of rotatable bonds is 3. The third-order valence-electron chi connectivity index (χ3n) is 3.58. The normalized spacial score (nSPS) is 10.5. The van der Waals surface area contributed by atoms with Crippen molar-refractivity contribution in [2.75, 3.05) is 0 Å². The van der Waals surface area contributed by atoms with Crippen LogP contribution in [0, 0.1) is 6.92 Å². The summed E-state index contributed by atoms with van der Waals surface area (Å²) < 4.78 is 1.82. The van der Waals surface area contributed by atoms with Gasteiger partial charge in [-0.25, -0.2) is 0 Å². The van der Waals surface area contributed by atoms with Crippen molar-refractivity contribution < 1.29 is 0 Å². The number of aromatic nitrogens is 1. The Morgan fingerprint density at radius 3 is 2.24 bits per heavy atom. The Labute approximate surface area is 124 Å². The minimum absolute atomic E-state index is 0.0249. The Balaban J connectivity index is 2.06. The summed E-state index contributed by atoms with van der Waals surface area (Å²) in [6, 6.07) is 23.7. The third-order valence-corrected chi connectivity index (χ3v) is 3.58. The van der Waals surface area contributed by atoms with E-state index >= 15 is 0 Å². The summed E-state index contributed by atoms with van der Waals surface area (Å²) in [7, 11) is 0. The van der Waals surface area contributed by atoms with Gasteiger partial charge in [-0.05, 0) is 24.1 Å². The Kier molecular flexibility index (Phi) is 3.69. The topological polar surface area (TPSA) is 22.0 Å². The van der Waals surface area contributed by atoms with E-state index in [0.29, 0.717) is 6.54 Å². The van der Waals surface area contributed by atoms with Gasteiger partial charge in [-0.2, -0.15) is 0 Å². The Morgan fingerprint density at radius 1 is 0.810 bits per heavy atom. The highest BCUT2D eigenvalue weighted by atomic mass is 16.1. The molecule has 0 bridgehead atoms. The van der Waals surface area contributed by atoms with Gasteiger partial charge < -0.3 is 4.57 Å². The van der Waals surface area contributed by atoms with Crippen LogP contribution in [-0.2, 0) is 6.54 Å². The van der Waals surface area contributed by atoms with E-state index < -0.39 is 0 Å². The molecule has 0 unspecified atom stereocenters. The Morgan fingerprint density at radius 2 is 1.52 bits per heavy atom. The zero-order chi connectivity index (χ0) is 14.7. The molecule has 0 aliphatic carbocycles. The lowest BCUT2D eigenvalue weighted by Gasteiger charge is -2.13. The summed E-state index contributed by atoms with van der Waals surface area (Å²) in [4.78, 5) is 12.2. The molecule has 2 nitrogen and oxygen atoms in total. The SMILES string of the molecule is Cc1ccc(Cn2c(-c3ccccc3)cccc2=O)cc1. The van der Waals surface area contributed by atoms with Gasteiger partial charge in [0.05, 0.1) is 12.2 Å². The number of hydrogen-bond acceptors (Lipinski definition) is 1. The number of aryl methyl sites for hydroxylation is 1. The third kappa shape index (κ3) is 2.95. The standard InChI is InChI=1S/C19H17NO/c1-15-10-12-16(13-11-15)14-20-18(8-5-9-19(20)21)17-6-3-2-4-7-17/h2-13H,14H2,1H3. The summed E-state index contributed by atoms with van der Waals surface area (Å²) in [6.45, 7) is 2.65. The molecule has 0 aliphatic rings. The van der Waals surface area contributed by atoms with E-state index in [0.717, 1.165) is 16.8 Å². The lowest BCUT2D eigenvalue weighted by molar-refractivity contribution is 0.768. The average molecular weight is 275 g/mol. The first-order chi connectivity index (χ1) is 10.2. The van der Waals surface area contributed by atoms with E-state index in [1.165, 1.54) is 5.56 Å². The molecule has 1 aromatic heterocycles. The van der Waals surface area contributed by atoms with E-state index in [4.69, 9.17) is 0 Å². The molecule has 3 aromatic rings. The molecule has 0 aliphatic heterocycles. The highest BCUT2D eigenvalue weighted by Gasteiger charge is 2.06. The maximum absolute atomic E-state index is 12.2. The second kappa shape index (κ2) is 5.80. The number of pyridine rings is 1. The molecule has 0 radical (unpaired) electrons. The van der Waals surface area contributed by atoms with Gasteiger partial charge in [-0.1, -0.05) is 66.2 Å². The van der Waals surface area contributed by atoms with Crippen LogP contribution >= 0.6 is 0 Å². The molecule has 2 heteroatoms. The van der Waals surface area contributed by atoms with Crippen molar-refractivity contribution in [2.45, 2.75) is 13.5 Å². The predicted octanol–water partition coefficient (Wildman–Crippen LogP) is 3.87. The second-order valence-electron chi connectivity index (χ2n) is 5.19. The van der Waals surface area contributed by atoms with Crippen LogP contribution in [0.5, 0.6) is 0 Å². The molecule has 0 amide bonds. The van der Waals surface area contributed by atoms with Crippen molar-refractivity contribution >= 4 is 0 Å². The molecule has 0 N–H and O–H groups in total. The minimum Gasteiger partial charge on any atom is -0.304 e. The van der Waals surface area contributed by atoms with Crippen molar-refractivity contribution in [3.63, 3.8) is 0 Å². The monoisotopic (exact) mass is 275 g/mol. The van der Waals surface area contributed by atoms with Gasteiger partial charge in [-0.15, -0.1) is 0 Å². The van der Waals surface area contributed by atoms with Crippen LogP contribution in [0.15, 0.2) is 77.6 Å². The predicted molar refractivity (Wildman–Crippen MR) is 86.4 cm³/mol. The van der Waals surface area contributed by atoms with Gasteiger partial charge in [0.15, 0.2) is 0 Å². The molecule has 1 heterocycles. The van der Waals surface area contributed by atoms with Gasteiger partial charge in [0.25, 0.3) is 5.56 Å². The molecular weight excluding hydrogens is 258 g/mol. The van der Waals surface area contributed by atoms with Crippen molar-refractivity contribution in [3.05, 3.63) is 94.3 Å². The largest absolute Gasteiger partial charge is 0.304 e. The second-order valence-corrected chi connectivity index (χ2v) is 5.19. The number of benzene rings is 2. The molecule has 0 saturated carbocycles. The smallest absolute Gasteiger partial charge is 0.251 e. The van der Waals surface area contributed by atoms with Crippen molar-refractivity contribution in [3.8, 4) is 11.3 Å². The summed E-state index contributed by atoms with van der Waals surface area (Å²) in [5.41, 5.74) is 4.39. The fourth-order valence-corrected chi connectivity index (χ4v) is 2.42. The lowest BCUT2D eigenvalue weighted by atomic mass is 10.1. The van der Waals surface area contributed by atoms with Crippen molar-refractivity contribution in [1.82, 2.24) is 4.57 Å². The van der Waals surface area contributed by atoms with Crippen LogP contribution < -0.4 is 5.56 Å². The Hall–Kier alpha value is -2.61. The molecule has 0 fully saturated rings. The lowest BCUT2D eigenvalue weighted by Crippen LogP contribution is -2.21. The first-order valence-electron chi connectivity index (χ1n) is 7.05. The zero-order valence-electron chi connectivity index (χ0n) is 12.0. The number of hydrogen-bond donors (Lipinski definition) is 0. The first kappa shape index (κ1) is 13.4. The van der Waals surface area contributed by atoms with E-state index in [1.54, 1.807) is 6.07 Å². The van der Waals surface area contributed by atoms with Crippen LogP contribution in [0.2, 0.25) is 0 Å². The fraction of sp³-hybridized carbons (Fsp3) is 0.105. The molecule has 0 saturated heterocycles. The van der Waals surface area contributed by atoms with E-state index in [9.17, 15) is 4.79 Å². The average Bonchev–Trinajstić information content (AvgIpc) is 2.52. The van der Waals surface area contributed by atoms with Crippen molar-refractivity contribution in [1.29, 1.82) is 0 Å². The van der Waals surface area contributed by atoms with Gasteiger partial charge in [0.1, 0.15) is 0 Å². The molecule has 2 aromatic carbocycles. The molecule has 21 heavy (non-hydrogen) atoms. The van der Waals surface area contributed by atoms with Gasteiger partial charge >= 0.3 is 0 Å². The molecular formula is C19H17NO. The zero-order valence-corrected chi connectivity index (χ0v) is 12.0. The van der Waals surface area contributed by atoms with Crippen LogP contribution in [0.3, 0.4) is 0 Å². The molecule has 104 valence electrons. The highest BCUT2D eigenvalue weighted by molar-refractivity contribution is 5.59. The quantitative estimate of drug-likeness (QED) is 0.711. The van der Waals surface area contributed by atoms with Crippen LogP contribution in [-0.4, -0.2) is 4.57 Å². The highest BCUT2D eigenvalue weighted by Crippen LogP contribution is 2.18. The summed E-state index contributed by atoms with van der Waals surface area (Å²) >= 11 is 0.